The predicted molar refractivity (Wildman–Crippen MR) is 138 cm³/mol. The Morgan fingerprint density at radius 1 is 1.00 bits per heavy atom. The Balaban J connectivity index is 1.21. The summed E-state index contributed by atoms with van der Waals surface area (Å²) in [5, 5.41) is 11.6. The van der Waals surface area contributed by atoms with Crippen molar-refractivity contribution in [2.75, 3.05) is 5.32 Å². The quantitative estimate of drug-likeness (QED) is 0.374. The van der Waals surface area contributed by atoms with Crippen molar-refractivity contribution >= 4 is 22.6 Å². The van der Waals surface area contributed by atoms with Gasteiger partial charge >= 0.3 is 5.69 Å². The van der Waals surface area contributed by atoms with Crippen LogP contribution in [-0.2, 0) is 25.9 Å². The number of fused-ring (bicyclic) bond motifs is 2. The van der Waals surface area contributed by atoms with Crippen LogP contribution < -0.4 is 16.6 Å². The Labute approximate surface area is 210 Å². The number of hydrogen-bond acceptors (Lipinski definition) is 6. The van der Waals surface area contributed by atoms with E-state index in [4.69, 9.17) is 0 Å². The first-order valence-corrected chi connectivity index (χ1v) is 12.0. The van der Waals surface area contributed by atoms with Gasteiger partial charge in [-0.2, -0.15) is 0 Å². The molecule has 1 aliphatic rings. The number of aromatic nitrogens is 6. The molecule has 0 fully saturated rings. The van der Waals surface area contributed by atoms with Crippen LogP contribution in [0.4, 0.5) is 5.69 Å². The predicted octanol–water partition coefficient (Wildman–Crippen LogP) is 2.51. The molecule has 0 unspecified atom stereocenters. The van der Waals surface area contributed by atoms with E-state index in [-0.39, 0.29) is 23.1 Å². The van der Waals surface area contributed by atoms with E-state index < -0.39 is 17.2 Å². The van der Waals surface area contributed by atoms with Gasteiger partial charge in [-0.05, 0) is 35.7 Å². The number of nitrogens with one attached hydrogen (secondary N) is 2. The first-order valence-electron chi connectivity index (χ1n) is 12.0. The number of benzene rings is 2. The number of rotatable bonds is 6. The van der Waals surface area contributed by atoms with E-state index in [2.05, 4.69) is 30.0 Å². The van der Waals surface area contributed by atoms with Crippen LogP contribution in [0, 0.1) is 0 Å². The Bertz CT molecular complexity index is 1730. The molecule has 0 radical (unpaired) electrons. The summed E-state index contributed by atoms with van der Waals surface area (Å²) in [6.07, 6.45) is 4.11. The number of aromatic amines is 1. The highest BCUT2D eigenvalue weighted by molar-refractivity contribution is 6.05. The molecule has 5 aromatic rings. The summed E-state index contributed by atoms with van der Waals surface area (Å²) >= 11 is 0. The van der Waals surface area contributed by atoms with E-state index in [9.17, 15) is 14.4 Å². The maximum atomic E-state index is 12.9. The van der Waals surface area contributed by atoms with Gasteiger partial charge in [-0.3, -0.25) is 19.1 Å². The van der Waals surface area contributed by atoms with Crippen molar-refractivity contribution in [3.63, 3.8) is 0 Å². The van der Waals surface area contributed by atoms with Crippen LogP contribution in [0.25, 0.3) is 11.0 Å². The highest BCUT2D eigenvalue weighted by Gasteiger charge is 2.18. The Kier molecular flexibility index (Phi) is 5.68. The van der Waals surface area contributed by atoms with E-state index in [1.165, 1.54) is 16.8 Å². The number of anilines is 1. The summed E-state index contributed by atoms with van der Waals surface area (Å²) in [5.41, 5.74) is 1.86. The molecule has 1 aliphatic heterocycles. The standard InChI is InChI=1S/C27H23N7O3/c35-25(29-20-10-8-17(9-11-20)13-23-32-31-22-7-4-12-33(22)23)19-14-21-24(28-15-19)34(27(37)30-26(21)36)16-18-5-2-1-3-6-18/h1-3,5-6,8-11,14-15H,4,7,12-13,16H2,(H,29,35)(H,30,36,37). The fraction of sp³-hybridized carbons (Fsp3) is 0.185. The monoisotopic (exact) mass is 493 g/mol. The average Bonchev–Trinajstić information content (AvgIpc) is 3.53. The second kappa shape index (κ2) is 9.30. The largest absolute Gasteiger partial charge is 0.330 e. The molecule has 10 nitrogen and oxygen atoms in total. The Hall–Kier alpha value is -4.86. The molecule has 0 saturated carbocycles. The molecular formula is C27H23N7O3. The maximum absolute atomic E-state index is 12.9. The fourth-order valence-electron chi connectivity index (χ4n) is 4.64. The van der Waals surface area contributed by atoms with Gasteiger partial charge in [0.1, 0.15) is 17.3 Å². The van der Waals surface area contributed by atoms with Crippen molar-refractivity contribution < 1.29 is 4.79 Å². The zero-order chi connectivity index (χ0) is 25.4. The van der Waals surface area contributed by atoms with Crippen molar-refractivity contribution in [3.05, 3.63) is 116 Å². The molecule has 0 aliphatic carbocycles. The average molecular weight is 494 g/mol. The number of pyridine rings is 1. The number of nitrogens with zero attached hydrogens (tertiary/aromatic N) is 5. The lowest BCUT2D eigenvalue weighted by Crippen LogP contribution is -2.31. The van der Waals surface area contributed by atoms with Crippen LogP contribution >= 0.6 is 0 Å². The number of hydrogen-bond donors (Lipinski definition) is 2. The molecule has 0 saturated heterocycles. The lowest BCUT2D eigenvalue weighted by Gasteiger charge is -2.10. The highest BCUT2D eigenvalue weighted by Crippen LogP contribution is 2.19. The SMILES string of the molecule is O=C(Nc1ccc(Cc2nnc3n2CCC3)cc1)c1cnc2c(c1)c(=O)[nH]c(=O)n2Cc1ccccc1. The van der Waals surface area contributed by atoms with Gasteiger partial charge in [0.15, 0.2) is 0 Å². The van der Waals surface area contributed by atoms with Crippen molar-refractivity contribution in [2.45, 2.75) is 32.4 Å². The van der Waals surface area contributed by atoms with Gasteiger partial charge in [0.25, 0.3) is 11.5 Å². The van der Waals surface area contributed by atoms with Crippen LogP contribution in [0.5, 0.6) is 0 Å². The first kappa shape index (κ1) is 22.6. The molecule has 2 aromatic carbocycles. The zero-order valence-electron chi connectivity index (χ0n) is 19.8. The lowest BCUT2D eigenvalue weighted by molar-refractivity contribution is 0.102. The number of aryl methyl sites for hydroxylation is 1. The third-order valence-corrected chi connectivity index (χ3v) is 6.54. The lowest BCUT2D eigenvalue weighted by atomic mass is 10.1. The number of H-pyrrole nitrogens is 1. The first-order chi connectivity index (χ1) is 18.0. The van der Waals surface area contributed by atoms with E-state index >= 15 is 0 Å². The van der Waals surface area contributed by atoms with Gasteiger partial charge in [-0.15, -0.1) is 10.2 Å². The smallest absolute Gasteiger partial charge is 0.322 e. The van der Waals surface area contributed by atoms with Gasteiger partial charge < -0.3 is 9.88 Å². The van der Waals surface area contributed by atoms with Crippen LogP contribution in [0.15, 0.2) is 76.4 Å². The number of carbonyl (C=O) groups excluding carboxylic acids is 1. The minimum Gasteiger partial charge on any atom is -0.322 e. The van der Waals surface area contributed by atoms with Crippen LogP contribution in [0.3, 0.4) is 0 Å². The molecule has 37 heavy (non-hydrogen) atoms. The third kappa shape index (κ3) is 4.44. The molecule has 10 heteroatoms. The molecule has 0 spiro atoms. The minimum absolute atomic E-state index is 0.166. The molecule has 1 amide bonds. The fourth-order valence-corrected chi connectivity index (χ4v) is 4.64. The van der Waals surface area contributed by atoms with Gasteiger partial charge in [0, 0.05) is 31.3 Å². The Morgan fingerprint density at radius 3 is 2.62 bits per heavy atom. The molecule has 2 N–H and O–H groups in total. The summed E-state index contributed by atoms with van der Waals surface area (Å²) in [6.45, 7) is 1.20. The molecular weight excluding hydrogens is 470 g/mol. The number of amides is 1. The van der Waals surface area contributed by atoms with E-state index in [0.717, 1.165) is 42.2 Å². The summed E-state index contributed by atoms with van der Waals surface area (Å²) in [6, 6.07) is 18.4. The Morgan fingerprint density at radius 2 is 1.81 bits per heavy atom. The van der Waals surface area contributed by atoms with Crippen molar-refractivity contribution in [1.29, 1.82) is 0 Å². The van der Waals surface area contributed by atoms with E-state index in [0.29, 0.717) is 12.1 Å². The van der Waals surface area contributed by atoms with Crippen molar-refractivity contribution in [2.24, 2.45) is 0 Å². The summed E-state index contributed by atoms with van der Waals surface area (Å²) in [4.78, 5) is 44.6. The van der Waals surface area contributed by atoms with Gasteiger partial charge in [-0.1, -0.05) is 42.5 Å². The number of carbonyl (C=O) groups is 1. The second-order valence-corrected chi connectivity index (χ2v) is 9.04. The normalized spacial score (nSPS) is 12.5. The topological polar surface area (TPSA) is 128 Å². The molecule has 0 atom stereocenters. The third-order valence-electron chi connectivity index (χ3n) is 6.54. The van der Waals surface area contributed by atoms with Crippen molar-refractivity contribution in [1.82, 2.24) is 29.3 Å². The van der Waals surface area contributed by atoms with Crippen LogP contribution in [-0.4, -0.2) is 35.2 Å². The summed E-state index contributed by atoms with van der Waals surface area (Å²) in [7, 11) is 0. The van der Waals surface area contributed by atoms with Crippen LogP contribution in [0.2, 0.25) is 0 Å². The maximum Gasteiger partial charge on any atom is 0.330 e. The molecule has 3 aromatic heterocycles. The van der Waals surface area contributed by atoms with E-state index in [1.54, 1.807) is 0 Å². The second-order valence-electron chi connectivity index (χ2n) is 9.04. The van der Waals surface area contributed by atoms with Gasteiger partial charge in [0.2, 0.25) is 0 Å². The molecule has 184 valence electrons. The summed E-state index contributed by atoms with van der Waals surface area (Å²) < 4.78 is 3.56. The van der Waals surface area contributed by atoms with Crippen molar-refractivity contribution in [3.8, 4) is 0 Å². The molecule has 6 rings (SSSR count). The molecule has 4 heterocycles. The highest BCUT2D eigenvalue weighted by atomic mass is 16.2. The van der Waals surface area contributed by atoms with Gasteiger partial charge in [0.05, 0.1) is 17.5 Å². The van der Waals surface area contributed by atoms with Gasteiger partial charge in [-0.25, -0.2) is 9.78 Å². The summed E-state index contributed by atoms with van der Waals surface area (Å²) in [5.74, 6) is 1.58. The van der Waals surface area contributed by atoms with Crippen LogP contribution in [0.1, 0.15) is 39.6 Å². The zero-order valence-corrected chi connectivity index (χ0v) is 19.8. The van der Waals surface area contributed by atoms with E-state index in [1.807, 2.05) is 54.6 Å². The molecule has 0 bridgehead atoms. The minimum atomic E-state index is -0.587.